The van der Waals surface area contributed by atoms with Gasteiger partial charge in [0.2, 0.25) is 0 Å². The van der Waals surface area contributed by atoms with Gasteiger partial charge < -0.3 is 5.11 Å². The largest absolute Gasteiger partial charge is 0.386 e. The number of benzene rings is 2. The molecule has 2 aromatic rings. The van der Waals surface area contributed by atoms with E-state index in [2.05, 4.69) is 6.58 Å². The van der Waals surface area contributed by atoms with Crippen LogP contribution in [0, 0.1) is 0 Å². The Labute approximate surface area is 150 Å². The van der Waals surface area contributed by atoms with Gasteiger partial charge >= 0.3 is 0 Å². The summed E-state index contributed by atoms with van der Waals surface area (Å²) in [4.78, 5) is 0. The molecule has 0 spiro atoms. The van der Waals surface area contributed by atoms with Crippen LogP contribution in [0.15, 0.2) is 73.3 Å². The molecule has 1 nitrogen and oxygen atoms in total. The Kier molecular flexibility index (Phi) is 5.64. The second-order valence-corrected chi connectivity index (χ2v) is 12.5. The van der Waals surface area contributed by atoms with E-state index in [-0.39, 0.29) is 6.42 Å². The lowest BCUT2D eigenvalue weighted by atomic mass is 10.2. The minimum atomic E-state index is -3.35. The van der Waals surface area contributed by atoms with Crippen LogP contribution in [0.3, 0.4) is 0 Å². The fourth-order valence-corrected chi connectivity index (χ4v) is 10.7. The zero-order valence-electron chi connectivity index (χ0n) is 15.0. The van der Waals surface area contributed by atoms with Gasteiger partial charge in [0.25, 0.3) is 6.43 Å². The van der Waals surface area contributed by atoms with Gasteiger partial charge in [-0.1, -0.05) is 97.9 Å². The number of halogens is 2. The molecule has 0 amide bonds. The van der Waals surface area contributed by atoms with Crippen molar-refractivity contribution in [3.8, 4) is 0 Å². The Morgan fingerprint density at radius 3 is 1.64 bits per heavy atom. The smallest absolute Gasteiger partial charge is 0.264 e. The van der Waals surface area contributed by atoms with Crippen molar-refractivity contribution in [1.82, 2.24) is 0 Å². The van der Waals surface area contributed by atoms with Crippen LogP contribution in [0.25, 0.3) is 0 Å². The van der Waals surface area contributed by atoms with Gasteiger partial charge in [-0.2, -0.15) is 0 Å². The topological polar surface area (TPSA) is 20.2 Å². The molecule has 0 radical (unpaired) electrons. The second-order valence-electron chi connectivity index (χ2n) is 7.45. The van der Waals surface area contributed by atoms with Gasteiger partial charge in [-0.15, -0.1) is 6.58 Å². The van der Waals surface area contributed by atoms with Crippen LogP contribution in [0.4, 0.5) is 8.78 Å². The van der Waals surface area contributed by atoms with Crippen molar-refractivity contribution < 1.29 is 13.9 Å². The van der Waals surface area contributed by atoms with E-state index in [0.29, 0.717) is 0 Å². The number of hydrogen-bond acceptors (Lipinski definition) is 1. The van der Waals surface area contributed by atoms with E-state index in [1.54, 1.807) is 0 Å². The lowest BCUT2D eigenvalue weighted by molar-refractivity contribution is -0.0432. The number of aliphatic hydroxyl groups is 1. The van der Waals surface area contributed by atoms with Gasteiger partial charge in [0.05, 0.1) is 0 Å². The van der Waals surface area contributed by atoms with E-state index < -0.39 is 24.8 Å². The molecule has 25 heavy (non-hydrogen) atoms. The molecule has 0 bridgehead atoms. The fraction of sp³-hybridized carbons (Fsp3) is 0.333. The zero-order valence-corrected chi connectivity index (χ0v) is 16.0. The average molecular weight is 361 g/mol. The predicted molar refractivity (Wildman–Crippen MR) is 103 cm³/mol. The molecule has 0 aromatic heterocycles. The first-order valence-electron chi connectivity index (χ1n) is 8.44. The highest BCUT2D eigenvalue weighted by atomic mass is 28.3. The summed E-state index contributed by atoms with van der Waals surface area (Å²) in [5.74, 6) is 0. The van der Waals surface area contributed by atoms with E-state index >= 15 is 0 Å². The third-order valence-corrected chi connectivity index (χ3v) is 11.4. The molecule has 0 heterocycles. The predicted octanol–water partition coefficient (Wildman–Crippen LogP) is 4.16. The molecule has 2 rings (SSSR count). The third kappa shape index (κ3) is 3.09. The van der Waals surface area contributed by atoms with Crippen molar-refractivity contribution in [2.24, 2.45) is 0 Å². The first-order chi connectivity index (χ1) is 11.7. The molecule has 2 aromatic carbocycles. The quantitative estimate of drug-likeness (QED) is 0.606. The zero-order chi connectivity index (χ0) is 18.7. The highest BCUT2D eigenvalue weighted by molar-refractivity contribution is 7.06. The molecule has 0 saturated heterocycles. The van der Waals surface area contributed by atoms with Gasteiger partial charge in [-0.05, 0) is 11.5 Å². The highest BCUT2D eigenvalue weighted by Crippen LogP contribution is 2.46. The molecule has 0 saturated carbocycles. The fourth-order valence-electron chi connectivity index (χ4n) is 4.18. The molecule has 4 heteroatoms. The summed E-state index contributed by atoms with van der Waals surface area (Å²) in [6.07, 6.45) is -1.62. The summed E-state index contributed by atoms with van der Waals surface area (Å²) in [7, 11) is -3.35. The molecular weight excluding hydrogens is 334 g/mol. The summed E-state index contributed by atoms with van der Waals surface area (Å²) in [6.45, 7) is 9.50. The lowest BCUT2D eigenvalue weighted by Crippen LogP contribution is -2.79. The standard InChI is InChI=1S/C21H26F2OSi/c1-5-16-21(24,19(22)23)25(20(2,3)4,17-12-8-6-9-13-17)18-14-10-7-11-15-18/h5-15,19,24H,1,16H2,2-4H3. The van der Waals surface area contributed by atoms with Gasteiger partial charge in [-0.3, -0.25) is 0 Å². The highest BCUT2D eigenvalue weighted by Gasteiger charge is 2.64. The van der Waals surface area contributed by atoms with Crippen molar-refractivity contribution in [3.05, 3.63) is 73.3 Å². The van der Waals surface area contributed by atoms with Gasteiger partial charge in [0, 0.05) is 0 Å². The first-order valence-corrected chi connectivity index (χ1v) is 10.4. The van der Waals surface area contributed by atoms with Crippen molar-refractivity contribution in [1.29, 1.82) is 0 Å². The lowest BCUT2D eigenvalue weighted by Gasteiger charge is -2.53. The molecule has 0 aliphatic carbocycles. The molecule has 134 valence electrons. The van der Waals surface area contributed by atoms with Gasteiger partial charge in [0.1, 0.15) is 5.22 Å². The minimum Gasteiger partial charge on any atom is -0.386 e. The Morgan fingerprint density at radius 1 is 0.960 bits per heavy atom. The van der Waals surface area contributed by atoms with Crippen LogP contribution < -0.4 is 10.4 Å². The summed E-state index contributed by atoms with van der Waals surface area (Å²) in [5, 5.41) is 10.4. The Hall–Kier alpha value is -1.78. The van der Waals surface area contributed by atoms with Crippen LogP contribution in [-0.4, -0.2) is 24.8 Å². The van der Waals surface area contributed by atoms with Crippen LogP contribution in [-0.2, 0) is 0 Å². The SMILES string of the molecule is C=CCC(O)(C(F)F)[Si](c1ccccc1)(c1ccccc1)C(C)(C)C. The maximum atomic E-state index is 14.4. The van der Waals surface area contributed by atoms with Crippen LogP contribution in [0.1, 0.15) is 27.2 Å². The molecule has 0 fully saturated rings. The minimum absolute atomic E-state index is 0.155. The van der Waals surface area contributed by atoms with Crippen molar-refractivity contribution in [2.75, 3.05) is 0 Å². The Bertz CT molecular complexity index is 655. The maximum Gasteiger partial charge on any atom is 0.264 e. The molecular formula is C21H26F2OSi. The number of hydrogen-bond donors (Lipinski definition) is 1. The average Bonchev–Trinajstić information content (AvgIpc) is 2.56. The Morgan fingerprint density at radius 2 is 1.36 bits per heavy atom. The number of rotatable bonds is 6. The number of alkyl halides is 2. The van der Waals surface area contributed by atoms with Gasteiger partial charge in [-0.25, -0.2) is 8.78 Å². The molecule has 0 aliphatic rings. The molecule has 1 N–H and O–H groups in total. The van der Waals surface area contributed by atoms with Crippen molar-refractivity contribution in [2.45, 2.75) is 43.9 Å². The molecule has 1 unspecified atom stereocenters. The monoisotopic (exact) mass is 360 g/mol. The summed E-state index contributed by atoms with van der Waals surface area (Å²) in [5.41, 5.74) is 0. The normalized spacial score (nSPS) is 15.0. The summed E-state index contributed by atoms with van der Waals surface area (Å²) < 4.78 is 28.8. The van der Waals surface area contributed by atoms with E-state index in [9.17, 15) is 13.9 Å². The van der Waals surface area contributed by atoms with E-state index in [4.69, 9.17) is 0 Å². The van der Waals surface area contributed by atoms with Crippen LogP contribution >= 0.6 is 0 Å². The van der Waals surface area contributed by atoms with Crippen LogP contribution in [0.5, 0.6) is 0 Å². The van der Waals surface area contributed by atoms with E-state index in [0.717, 1.165) is 10.4 Å². The van der Waals surface area contributed by atoms with E-state index in [1.807, 2.05) is 81.4 Å². The molecule has 1 atom stereocenters. The van der Waals surface area contributed by atoms with Gasteiger partial charge in [0.15, 0.2) is 8.07 Å². The maximum absolute atomic E-state index is 14.4. The Balaban J connectivity index is 2.98. The first kappa shape index (κ1) is 19.5. The summed E-state index contributed by atoms with van der Waals surface area (Å²) in [6, 6.07) is 18.6. The third-order valence-electron chi connectivity index (χ3n) is 5.00. The molecule has 0 aliphatic heterocycles. The van der Waals surface area contributed by atoms with Crippen LogP contribution in [0.2, 0.25) is 5.04 Å². The van der Waals surface area contributed by atoms with Crippen molar-refractivity contribution in [3.63, 3.8) is 0 Å². The second kappa shape index (κ2) is 7.22. The summed E-state index contributed by atoms with van der Waals surface area (Å²) >= 11 is 0. The van der Waals surface area contributed by atoms with E-state index in [1.165, 1.54) is 6.08 Å². The van der Waals surface area contributed by atoms with Crippen molar-refractivity contribution >= 4 is 18.4 Å².